The average Bonchev–Trinajstić information content (AvgIpc) is 2.50. The molecule has 21 heavy (non-hydrogen) atoms. The molecule has 1 saturated heterocycles. The molecule has 0 saturated carbocycles. The summed E-state index contributed by atoms with van der Waals surface area (Å²) in [5.74, 6) is 0.687. The van der Waals surface area contributed by atoms with E-state index < -0.39 is 0 Å². The minimum atomic E-state index is -0.252. The highest BCUT2D eigenvalue weighted by atomic mass is 19.1. The van der Waals surface area contributed by atoms with Crippen molar-refractivity contribution in [3.8, 4) is 5.75 Å². The fraction of sp³-hybridized carbons (Fsp3) is 0.647. The number of benzene rings is 1. The van der Waals surface area contributed by atoms with Crippen molar-refractivity contribution >= 4 is 0 Å². The standard InChI is InChI=1S/C17H26FNO2/c1-3-14(2)12-15-4-5-17(16(18)13-15)21-11-8-19-6-9-20-10-7-19/h4-5,13-14H,3,6-12H2,1-2H3. The van der Waals surface area contributed by atoms with E-state index in [1.54, 1.807) is 12.1 Å². The van der Waals surface area contributed by atoms with Gasteiger partial charge in [0.05, 0.1) is 13.2 Å². The maximum Gasteiger partial charge on any atom is 0.165 e. The molecule has 0 amide bonds. The summed E-state index contributed by atoms with van der Waals surface area (Å²) in [4.78, 5) is 2.28. The zero-order valence-electron chi connectivity index (χ0n) is 13.1. The molecule has 0 aliphatic carbocycles. The highest BCUT2D eigenvalue weighted by Gasteiger charge is 2.11. The predicted octanol–water partition coefficient (Wildman–Crippen LogP) is 3.13. The van der Waals surface area contributed by atoms with Crippen LogP contribution in [0, 0.1) is 11.7 Å². The summed E-state index contributed by atoms with van der Waals surface area (Å²) in [5.41, 5.74) is 1.04. The van der Waals surface area contributed by atoms with Crippen molar-refractivity contribution in [2.24, 2.45) is 5.92 Å². The van der Waals surface area contributed by atoms with Crippen LogP contribution in [0.25, 0.3) is 0 Å². The van der Waals surface area contributed by atoms with Crippen molar-refractivity contribution < 1.29 is 13.9 Å². The van der Waals surface area contributed by atoms with E-state index in [0.29, 0.717) is 18.3 Å². The van der Waals surface area contributed by atoms with Crippen LogP contribution in [0.2, 0.25) is 0 Å². The molecule has 1 aromatic rings. The zero-order chi connectivity index (χ0) is 15.1. The van der Waals surface area contributed by atoms with Crippen LogP contribution in [-0.2, 0) is 11.2 Å². The van der Waals surface area contributed by atoms with Gasteiger partial charge in [0.2, 0.25) is 0 Å². The van der Waals surface area contributed by atoms with Crippen LogP contribution in [0.3, 0.4) is 0 Å². The normalized spacial score (nSPS) is 17.7. The van der Waals surface area contributed by atoms with E-state index in [1.165, 1.54) is 0 Å². The third kappa shape index (κ3) is 5.29. The molecular weight excluding hydrogens is 269 g/mol. The minimum absolute atomic E-state index is 0.252. The number of hydrogen-bond acceptors (Lipinski definition) is 3. The summed E-state index contributed by atoms with van der Waals surface area (Å²) >= 11 is 0. The van der Waals surface area contributed by atoms with Crippen molar-refractivity contribution in [1.29, 1.82) is 0 Å². The average molecular weight is 295 g/mol. The Kier molecular flexibility index (Phi) is 6.46. The van der Waals surface area contributed by atoms with Gasteiger partial charge in [0, 0.05) is 19.6 Å². The van der Waals surface area contributed by atoms with Gasteiger partial charge in [0.25, 0.3) is 0 Å². The van der Waals surface area contributed by atoms with Gasteiger partial charge in [-0.1, -0.05) is 26.3 Å². The number of morpholine rings is 1. The molecule has 4 heteroatoms. The molecule has 0 spiro atoms. The van der Waals surface area contributed by atoms with Crippen molar-refractivity contribution in [3.05, 3.63) is 29.6 Å². The first-order chi connectivity index (χ1) is 10.2. The second-order valence-electron chi connectivity index (χ2n) is 5.78. The monoisotopic (exact) mass is 295 g/mol. The highest BCUT2D eigenvalue weighted by Crippen LogP contribution is 2.21. The van der Waals surface area contributed by atoms with Crippen LogP contribution in [0.15, 0.2) is 18.2 Å². The Morgan fingerprint density at radius 2 is 2.10 bits per heavy atom. The van der Waals surface area contributed by atoms with Crippen LogP contribution >= 0.6 is 0 Å². The van der Waals surface area contributed by atoms with Gasteiger partial charge in [-0.05, 0) is 30.0 Å². The molecule has 0 aromatic heterocycles. The summed E-state index contributed by atoms with van der Waals surface area (Å²) in [6.07, 6.45) is 2.03. The fourth-order valence-corrected chi connectivity index (χ4v) is 2.44. The number of hydrogen-bond donors (Lipinski definition) is 0. The van der Waals surface area contributed by atoms with Crippen molar-refractivity contribution in [2.75, 3.05) is 39.5 Å². The molecule has 0 bridgehead atoms. The Hall–Kier alpha value is -1.13. The van der Waals surface area contributed by atoms with Gasteiger partial charge in [0.15, 0.2) is 11.6 Å². The molecule has 1 heterocycles. The Morgan fingerprint density at radius 1 is 1.33 bits per heavy atom. The van der Waals surface area contributed by atoms with Crippen LogP contribution in [0.4, 0.5) is 4.39 Å². The molecule has 1 aromatic carbocycles. The second kappa shape index (κ2) is 8.35. The minimum Gasteiger partial charge on any atom is -0.489 e. The third-order valence-corrected chi connectivity index (χ3v) is 4.05. The molecule has 0 N–H and O–H groups in total. The van der Waals surface area contributed by atoms with Crippen LogP contribution < -0.4 is 4.74 Å². The Balaban J connectivity index is 1.80. The second-order valence-corrected chi connectivity index (χ2v) is 5.78. The van der Waals surface area contributed by atoms with E-state index >= 15 is 0 Å². The van der Waals surface area contributed by atoms with Gasteiger partial charge in [-0.25, -0.2) is 4.39 Å². The number of rotatable bonds is 7. The van der Waals surface area contributed by atoms with Gasteiger partial charge in [-0.15, -0.1) is 0 Å². The summed E-state index contributed by atoms with van der Waals surface area (Å²) < 4.78 is 24.9. The molecule has 118 valence electrons. The quantitative estimate of drug-likeness (QED) is 0.771. The third-order valence-electron chi connectivity index (χ3n) is 4.05. The van der Waals surface area contributed by atoms with Crippen LogP contribution in [0.5, 0.6) is 5.75 Å². The van der Waals surface area contributed by atoms with E-state index in [0.717, 1.165) is 51.3 Å². The van der Waals surface area contributed by atoms with Gasteiger partial charge >= 0.3 is 0 Å². The van der Waals surface area contributed by atoms with Gasteiger partial charge < -0.3 is 9.47 Å². The van der Waals surface area contributed by atoms with E-state index in [-0.39, 0.29) is 5.82 Å². The highest BCUT2D eigenvalue weighted by molar-refractivity contribution is 5.29. The van der Waals surface area contributed by atoms with Crippen molar-refractivity contribution in [1.82, 2.24) is 4.90 Å². The van der Waals surface area contributed by atoms with Crippen molar-refractivity contribution in [2.45, 2.75) is 26.7 Å². The molecule has 1 unspecified atom stereocenters. The van der Waals surface area contributed by atoms with E-state index in [9.17, 15) is 4.39 Å². The summed E-state index contributed by atoms with van der Waals surface area (Å²) in [7, 11) is 0. The topological polar surface area (TPSA) is 21.7 Å². The maximum atomic E-state index is 14.0. The Labute approximate surface area is 127 Å². The summed E-state index contributed by atoms with van der Waals surface area (Å²) in [5, 5.41) is 0. The number of ether oxygens (including phenoxy) is 2. The number of nitrogens with zero attached hydrogens (tertiary/aromatic N) is 1. The van der Waals surface area contributed by atoms with E-state index in [1.807, 2.05) is 6.07 Å². The predicted molar refractivity (Wildman–Crippen MR) is 82.3 cm³/mol. The molecule has 1 aliphatic heterocycles. The van der Waals surface area contributed by atoms with Gasteiger partial charge in [-0.2, -0.15) is 0 Å². The van der Waals surface area contributed by atoms with E-state index in [2.05, 4.69) is 18.7 Å². The maximum absolute atomic E-state index is 14.0. The molecule has 2 rings (SSSR count). The fourth-order valence-electron chi connectivity index (χ4n) is 2.44. The first-order valence-electron chi connectivity index (χ1n) is 7.90. The summed E-state index contributed by atoms with van der Waals surface area (Å²) in [6.45, 7) is 9.09. The largest absolute Gasteiger partial charge is 0.489 e. The summed E-state index contributed by atoms with van der Waals surface area (Å²) in [6, 6.07) is 5.34. The molecule has 1 atom stereocenters. The lowest BCUT2D eigenvalue weighted by Crippen LogP contribution is -2.38. The molecular formula is C17H26FNO2. The smallest absolute Gasteiger partial charge is 0.165 e. The van der Waals surface area contributed by atoms with Crippen molar-refractivity contribution in [3.63, 3.8) is 0 Å². The first kappa shape index (κ1) is 16.2. The van der Waals surface area contributed by atoms with Gasteiger partial charge in [-0.3, -0.25) is 4.90 Å². The Bertz CT molecular complexity index is 433. The van der Waals surface area contributed by atoms with Crippen LogP contribution in [-0.4, -0.2) is 44.4 Å². The lowest BCUT2D eigenvalue weighted by molar-refractivity contribution is 0.0320. The van der Waals surface area contributed by atoms with E-state index in [4.69, 9.17) is 9.47 Å². The first-order valence-corrected chi connectivity index (χ1v) is 7.90. The molecule has 0 radical (unpaired) electrons. The SMILES string of the molecule is CCC(C)Cc1ccc(OCCN2CCOCC2)c(F)c1. The zero-order valence-corrected chi connectivity index (χ0v) is 13.1. The molecule has 3 nitrogen and oxygen atoms in total. The van der Waals surface area contributed by atoms with Crippen LogP contribution in [0.1, 0.15) is 25.8 Å². The molecule has 1 aliphatic rings. The lowest BCUT2D eigenvalue weighted by atomic mass is 9.99. The van der Waals surface area contributed by atoms with Gasteiger partial charge in [0.1, 0.15) is 6.61 Å². The molecule has 1 fully saturated rings. The Morgan fingerprint density at radius 3 is 2.76 bits per heavy atom. The number of halogens is 1. The lowest BCUT2D eigenvalue weighted by Gasteiger charge is -2.26.